The van der Waals surface area contributed by atoms with Gasteiger partial charge in [0.05, 0.1) is 23.4 Å². The summed E-state index contributed by atoms with van der Waals surface area (Å²) >= 11 is 1.69. The average Bonchev–Trinajstić information content (AvgIpc) is 3.12. The lowest BCUT2D eigenvalue weighted by Crippen LogP contribution is -2.36. The Bertz CT molecular complexity index is 915. The van der Waals surface area contributed by atoms with Crippen LogP contribution in [0.15, 0.2) is 42.4 Å². The molecule has 0 amide bonds. The van der Waals surface area contributed by atoms with E-state index in [1.165, 1.54) is 0 Å². The fraction of sp³-hybridized carbons (Fsp3) is 0.263. The fourth-order valence-corrected chi connectivity index (χ4v) is 3.84. The van der Waals surface area contributed by atoms with E-state index in [0.29, 0.717) is 0 Å². The molecule has 5 nitrogen and oxygen atoms in total. The molecule has 0 spiro atoms. The summed E-state index contributed by atoms with van der Waals surface area (Å²) in [4.78, 5) is 12.0. The molecule has 3 heterocycles. The van der Waals surface area contributed by atoms with Gasteiger partial charge in [-0.2, -0.15) is 0 Å². The van der Waals surface area contributed by atoms with E-state index in [1.807, 2.05) is 0 Å². The van der Waals surface area contributed by atoms with Crippen molar-refractivity contribution in [3.05, 3.63) is 48.0 Å². The zero-order chi connectivity index (χ0) is 17.2. The second kappa shape index (κ2) is 6.82. The smallest absolute Gasteiger partial charge is 0.162 e. The molecule has 1 aliphatic heterocycles. The third-order valence-corrected chi connectivity index (χ3v) is 5.25. The predicted molar refractivity (Wildman–Crippen MR) is 104 cm³/mol. The minimum atomic E-state index is 0.740. The fourth-order valence-electron chi connectivity index (χ4n) is 2.99. The van der Waals surface area contributed by atoms with Crippen LogP contribution in [0.3, 0.4) is 0 Å². The lowest BCUT2D eigenvalue weighted by Gasteiger charge is -2.28. The van der Waals surface area contributed by atoms with Gasteiger partial charge < -0.3 is 15.0 Å². The quantitative estimate of drug-likeness (QED) is 0.767. The maximum atomic E-state index is 5.49. The molecule has 0 atom stereocenters. The highest BCUT2D eigenvalue weighted by molar-refractivity contribution is 7.17. The zero-order valence-corrected chi connectivity index (χ0v) is 15.0. The minimum absolute atomic E-state index is 0.740. The highest BCUT2D eigenvalue weighted by Crippen LogP contribution is 2.32. The Labute approximate surface area is 151 Å². The molecule has 1 saturated heterocycles. The standard InChI is InChI=1S/C19H20N4OS/c1-3-20-16-12-14(5-4-13(16)2)18-21-15-6-11-25-17(15)19(22-18)23-7-9-24-10-8-23/h3-6,11-12,20H,1,7-10H2,2H3. The number of aryl methyl sites for hydroxylation is 1. The van der Waals surface area contributed by atoms with Gasteiger partial charge in [0, 0.05) is 24.3 Å². The normalized spacial score (nSPS) is 14.7. The Kier molecular flexibility index (Phi) is 4.38. The summed E-state index contributed by atoms with van der Waals surface area (Å²) in [5, 5.41) is 5.26. The summed E-state index contributed by atoms with van der Waals surface area (Å²) in [5.74, 6) is 1.76. The lowest BCUT2D eigenvalue weighted by atomic mass is 10.1. The van der Waals surface area contributed by atoms with E-state index in [9.17, 15) is 0 Å². The van der Waals surface area contributed by atoms with Crippen molar-refractivity contribution < 1.29 is 4.74 Å². The van der Waals surface area contributed by atoms with Crippen molar-refractivity contribution >= 4 is 33.1 Å². The van der Waals surface area contributed by atoms with Gasteiger partial charge in [-0.1, -0.05) is 18.7 Å². The SMILES string of the molecule is C=CNc1cc(-c2nc(N3CCOCC3)c3sccc3n2)ccc1C. The van der Waals surface area contributed by atoms with Crippen molar-refractivity contribution in [3.8, 4) is 11.4 Å². The van der Waals surface area contributed by atoms with Gasteiger partial charge in [-0.25, -0.2) is 9.97 Å². The summed E-state index contributed by atoms with van der Waals surface area (Å²) in [6.07, 6.45) is 1.69. The summed E-state index contributed by atoms with van der Waals surface area (Å²) in [5.41, 5.74) is 4.18. The van der Waals surface area contributed by atoms with Crippen molar-refractivity contribution in [3.63, 3.8) is 0 Å². The van der Waals surface area contributed by atoms with Crippen LogP contribution in [0.4, 0.5) is 11.5 Å². The molecule has 0 aliphatic carbocycles. The molecule has 3 aromatic rings. The van der Waals surface area contributed by atoms with Gasteiger partial charge in [0.25, 0.3) is 0 Å². The number of nitrogens with one attached hydrogen (secondary N) is 1. The summed E-state index contributed by atoms with van der Waals surface area (Å²) in [6.45, 7) is 9.02. The molecule has 1 fully saturated rings. The summed E-state index contributed by atoms with van der Waals surface area (Å²) in [6, 6.07) is 8.29. The van der Waals surface area contributed by atoms with Gasteiger partial charge in [-0.3, -0.25) is 0 Å². The maximum Gasteiger partial charge on any atom is 0.162 e. The Morgan fingerprint density at radius 1 is 1.24 bits per heavy atom. The topological polar surface area (TPSA) is 50.3 Å². The molecule has 0 saturated carbocycles. The molecule has 0 radical (unpaired) electrons. The molecule has 4 rings (SSSR count). The molecule has 1 aliphatic rings. The Hall–Kier alpha value is -2.44. The number of anilines is 2. The van der Waals surface area contributed by atoms with Crippen LogP contribution < -0.4 is 10.2 Å². The third-order valence-electron chi connectivity index (χ3n) is 4.35. The number of nitrogens with zero attached hydrogens (tertiary/aromatic N) is 3. The lowest BCUT2D eigenvalue weighted by molar-refractivity contribution is 0.122. The van der Waals surface area contributed by atoms with Crippen LogP contribution in [-0.2, 0) is 4.74 Å². The number of hydrogen-bond acceptors (Lipinski definition) is 6. The molecule has 1 N–H and O–H groups in total. The van der Waals surface area contributed by atoms with Crippen molar-refractivity contribution in [1.82, 2.24) is 9.97 Å². The van der Waals surface area contributed by atoms with Gasteiger partial charge in [-0.15, -0.1) is 11.3 Å². The van der Waals surface area contributed by atoms with Crippen LogP contribution in [0.25, 0.3) is 21.6 Å². The molecular weight excluding hydrogens is 332 g/mol. The molecule has 1 aromatic carbocycles. The minimum Gasteiger partial charge on any atom is -0.378 e. The Morgan fingerprint density at radius 3 is 2.88 bits per heavy atom. The Morgan fingerprint density at radius 2 is 2.08 bits per heavy atom. The van der Waals surface area contributed by atoms with E-state index >= 15 is 0 Å². The van der Waals surface area contributed by atoms with Gasteiger partial charge >= 0.3 is 0 Å². The molecule has 2 aromatic heterocycles. The van der Waals surface area contributed by atoms with Gasteiger partial charge in [0.15, 0.2) is 11.6 Å². The number of benzene rings is 1. The average molecular weight is 352 g/mol. The summed E-state index contributed by atoms with van der Waals surface area (Å²) < 4.78 is 6.63. The van der Waals surface area contributed by atoms with Crippen LogP contribution in [0.5, 0.6) is 0 Å². The second-order valence-electron chi connectivity index (χ2n) is 5.98. The number of hydrogen-bond donors (Lipinski definition) is 1. The van der Waals surface area contributed by atoms with Crippen LogP contribution in [-0.4, -0.2) is 36.3 Å². The van der Waals surface area contributed by atoms with Crippen LogP contribution in [0.2, 0.25) is 0 Å². The second-order valence-corrected chi connectivity index (χ2v) is 6.90. The molecular formula is C19H20N4OS. The van der Waals surface area contributed by atoms with Crippen LogP contribution in [0, 0.1) is 6.92 Å². The van der Waals surface area contributed by atoms with E-state index in [4.69, 9.17) is 14.7 Å². The first-order chi connectivity index (χ1) is 12.3. The van der Waals surface area contributed by atoms with Gasteiger partial charge in [-0.05, 0) is 36.2 Å². The monoisotopic (exact) mass is 352 g/mol. The van der Waals surface area contributed by atoms with E-state index in [1.54, 1.807) is 17.5 Å². The van der Waals surface area contributed by atoms with E-state index in [0.717, 1.165) is 65.0 Å². The predicted octanol–water partition coefficient (Wildman–Crippen LogP) is 4.06. The largest absolute Gasteiger partial charge is 0.378 e. The van der Waals surface area contributed by atoms with Gasteiger partial charge in [0.1, 0.15) is 0 Å². The van der Waals surface area contributed by atoms with Crippen molar-refractivity contribution in [2.45, 2.75) is 6.92 Å². The number of morpholine rings is 1. The number of rotatable bonds is 4. The molecule has 0 unspecified atom stereocenters. The van der Waals surface area contributed by atoms with Crippen molar-refractivity contribution in [2.24, 2.45) is 0 Å². The van der Waals surface area contributed by atoms with Crippen LogP contribution >= 0.6 is 11.3 Å². The first-order valence-electron chi connectivity index (χ1n) is 8.32. The first kappa shape index (κ1) is 16.1. The van der Waals surface area contributed by atoms with Crippen molar-refractivity contribution in [2.75, 3.05) is 36.5 Å². The number of aromatic nitrogens is 2. The third kappa shape index (κ3) is 3.10. The van der Waals surface area contributed by atoms with E-state index in [-0.39, 0.29) is 0 Å². The first-order valence-corrected chi connectivity index (χ1v) is 9.20. The highest BCUT2D eigenvalue weighted by atomic mass is 32.1. The molecule has 6 heteroatoms. The van der Waals surface area contributed by atoms with E-state index < -0.39 is 0 Å². The zero-order valence-electron chi connectivity index (χ0n) is 14.2. The number of ether oxygens (including phenoxy) is 1. The molecule has 25 heavy (non-hydrogen) atoms. The molecule has 128 valence electrons. The van der Waals surface area contributed by atoms with Crippen molar-refractivity contribution in [1.29, 1.82) is 0 Å². The molecule has 0 bridgehead atoms. The number of thiophene rings is 1. The van der Waals surface area contributed by atoms with E-state index in [2.05, 4.69) is 53.4 Å². The highest BCUT2D eigenvalue weighted by Gasteiger charge is 2.19. The number of fused-ring (bicyclic) bond motifs is 1. The summed E-state index contributed by atoms with van der Waals surface area (Å²) in [7, 11) is 0. The van der Waals surface area contributed by atoms with Crippen LogP contribution in [0.1, 0.15) is 5.56 Å². The maximum absolute atomic E-state index is 5.49. The van der Waals surface area contributed by atoms with Gasteiger partial charge in [0.2, 0.25) is 0 Å². The Balaban J connectivity index is 1.82.